The van der Waals surface area contributed by atoms with Gasteiger partial charge in [-0.15, -0.1) is 0 Å². The number of hydrogen-bond acceptors (Lipinski definition) is 5. The zero-order valence-corrected chi connectivity index (χ0v) is 20.5. The van der Waals surface area contributed by atoms with E-state index in [1.54, 1.807) is 30.5 Å². The summed E-state index contributed by atoms with van der Waals surface area (Å²) in [6.07, 6.45) is 1.54. The van der Waals surface area contributed by atoms with Gasteiger partial charge in [0, 0.05) is 23.7 Å². The highest BCUT2D eigenvalue weighted by Crippen LogP contribution is 2.22. The standard InChI is InChI=1S/C27H29ClN4O3/c1-3-32(13-14-33)18-21-5-4-6-22(15-21)26(34)30-25-12-11-23(28)16-24(25)27(35)31-29-17-20-9-7-19(2)8-10-20/h4-12,15-17,33H,3,13-14,18H2,1-2H3,(H,30,34)(H,31,35). The lowest BCUT2D eigenvalue weighted by Crippen LogP contribution is -2.26. The van der Waals surface area contributed by atoms with Crippen LogP contribution in [0.15, 0.2) is 71.8 Å². The van der Waals surface area contributed by atoms with Gasteiger partial charge >= 0.3 is 0 Å². The molecular formula is C27H29ClN4O3. The number of nitrogens with zero attached hydrogens (tertiary/aromatic N) is 2. The van der Waals surface area contributed by atoms with E-state index in [0.717, 1.165) is 23.2 Å². The molecule has 0 saturated heterocycles. The molecule has 3 rings (SSSR count). The Kier molecular flexibility index (Phi) is 9.55. The van der Waals surface area contributed by atoms with Crippen LogP contribution in [-0.4, -0.2) is 47.7 Å². The van der Waals surface area contributed by atoms with Gasteiger partial charge in [0.05, 0.1) is 24.1 Å². The number of hydrogen-bond donors (Lipinski definition) is 3. The average molecular weight is 493 g/mol. The predicted molar refractivity (Wildman–Crippen MR) is 140 cm³/mol. The van der Waals surface area contributed by atoms with Gasteiger partial charge in [0.15, 0.2) is 0 Å². The number of nitrogens with one attached hydrogen (secondary N) is 2. The first kappa shape index (κ1) is 26.1. The molecule has 0 fully saturated rings. The van der Waals surface area contributed by atoms with E-state index in [1.807, 2.05) is 50.2 Å². The summed E-state index contributed by atoms with van der Waals surface area (Å²) in [7, 11) is 0. The van der Waals surface area contributed by atoms with Crippen molar-refractivity contribution >= 4 is 35.3 Å². The summed E-state index contributed by atoms with van der Waals surface area (Å²) in [4.78, 5) is 27.8. The highest BCUT2D eigenvalue weighted by atomic mass is 35.5. The van der Waals surface area contributed by atoms with Crippen molar-refractivity contribution in [3.63, 3.8) is 0 Å². The summed E-state index contributed by atoms with van der Waals surface area (Å²) >= 11 is 6.11. The van der Waals surface area contributed by atoms with Crippen molar-refractivity contribution in [2.75, 3.05) is 25.0 Å². The van der Waals surface area contributed by atoms with Gasteiger partial charge < -0.3 is 10.4 Å². The van der Waals surface area contributed by atoms with E-state index in [1.165, 1.54) is 6.07 Å². The first-order chi connectivity index (χ1) is 16.9. The van der Waals surface area contributed by atoms with Gasteiger partial charge in [0.1, 0.15) is 0 Å². The van der Waals surface area contributed by atoms with Crippen molar-refractivity contribution in [1.29, 1.82) is 0 Å². The van der Waals surface area contributed by atoms with Gasteiger partial charge in [-0.3, -0.25) is 14.5 Å². The minimum Gasteiger partial charge on any atom is -0.395 e. The number of aryl methyl sites for hydroxylation is 1. The lowest BCUT2D eigenvalue weighted by atomic mass is 10.1. The molecule has 0 spiro atoms. The molecule has 0 saturated carbocycles. The first-order valence-electron chi connectivity index (χ1n) is 11.3. The summed E-state index contributed by atoms with van der Waals surface area (Å²) in [5, 5.41) is 16.4. The Morgan fingerprint density at radius 1 is 1.06 bits per heavy atom. The van der Waals surface area contributed by atoms with Crippen LogP contribution in [0.3, 0.4) is 0 Å². The molecule has 35 heavy (non-hydrogen) atoms. The molecule has 0 aliphatic carbocycles. The van der Waals surface area contributed by atoms with Crippen molar-refractivity contribution < 1.29 is 14.7 Å². The monoisotopic (exact) mass is 492 g/mol. The van der Waals surface area contributed by atoms with Crippen LogP contribution < -0.4 is 10.7 Å². The summed E-state index contributed by atoms with van der Waals surface area (Å²) < 4.78 is 0. The molecular weight excluding hydrogens is 464 g/mol. The van der Waals surface area contributed by atoms with E-state index in [2.05, 4.69) is 20.7 Å². The molecule has 0 aliphatic rings. The number of carbonyl (C=O) groups is 2. The number of aliphatic hydroxyl groups is 1. The van der Waals surface area contributed by atoms with Gasteiger partial charge in [-0.1, -0.05) is 60.5 Å². The Balaban J connectivity index is 1.72. The van der Waals surface area contributed by atoms with E-state index in [4.69, 9.17) is 11.6 Å². The van der Waals surface area contributed by atoms with Crippen LogP contribution in [-0.2, 0) is 6.54 Å². The lowest BCUT2D eigenvalue weighted by Gasteiger charge is -2.19. The molecule has 3 aromatic rings. The number of rotatable bonds is 10. The quantitative estimate of drug-likeness (QED) is 0.287. The van der Waals surface area contributed by atoms with Gasteiger partial charge in [0.2, 0.25) is 0 Å². The van der Waals surface area contributed by atoms with Crippen LogP contribution in [0.2, 0.25) is 5.02 Å². The average Bonchev–Trinajstić information content (AvgIpc) is 2.86. The first-order valence-corrected chi connectivity index (χ1v) is 11.7. The maximum Gasteiger partial charge on any atom is 0.273 e. The molecule has 7 nitrogen and oxygen atoms in total. The van der Waals surface area contributed by atoms with Crippen LogP contribution in [0.4, 0.5) is 5.69 Å². The minimum absolute atomic E-state index is 0.0739. The fraction of sp³-hybridized carbons (Fsp3) is 0.222. The third kappa shape index (κ3) is 7.75. The van der Waals surface area contributed by atoms with Crippen LogP contribution >= 0.6 is 11.6 Å². The summed E-state index contributed by atoms with van der Waals surface area (Å²) in [6.45, 7) is 6.04. The van der Waals surface area contributed by atoms with Crippen molar-refractivity contribution in [3.8, 4) is 0 Å². The molecule has 0 aromatic heterocycles. The normalized spacial score (nSPS) is 11.1. The molecule has 2 amide bonds. The fourth-order valence-electron chi connectivity index (χ4n) is 3.45. The van der Waals surface area contributed by atoms with Crippen molar-refractivity contribution in [1.82, 2.24) is 10.3 Å². The topological polar surface area (TPSA) is 94.0 Å². The highest BCUT2D eigenvalue weighted by molar-refractivity contribution is 6.31. The number of carbonyl (C=O) groups excluding carboxylic acids is 2. The Bertz CT molecular complexity index is 1200. The zero-order valence-electron chi connectivity index (χ0n) is 19.8. The molecule has 0 atom stereocenters. The summed E-state index contributed by atoms with van der Waals surface area (Å²) in [6, 6.07) is 19.6. The Labute approximate surface area is 210 Å². The Hall–Kier alpha value is -3.52. The van der Waals surface area contributed by atoms with E-state index in [0.29, 0.717) is 29.4 Å². The molecule has 0 aliphatic heterocycles. The molecule has 0 bridgehead atoms. The number of aliphatic hydroxyl groups excluding tert-OH is 1. The zero-order chi connectivity index (χ0) is 25.2. The fourth-order valence-corrected chi connectivity index (χ4v) is 3.62. The Morgan fingerprint density at radius 2 is 1.83 bits per heavy atom. The summed E-state index contributed by atoms with van der Waals surface area (Å²) in [5.41, 5.74) is 6.39. The van der Waals surface area contributed by atoms with Crippen molar-refractivity contribution in [3.05, 3.63) is 99.6 Å². The van der Waals surface area contributed by atoms with E-state index >= 15 is 0 Å². The molecule has 182 valence electrons. The van der Waals surface area contributed by atoms with Crippen LogP contribution in [0.5, 0.6) is 0 Å². The number of anilines is 1. The van der Waals surface area contributed by atoms with Crippen molar-refractivity contribution in [2.24, 2.45) is 5.10 Å². The minimum atomic E-state index is -0.498. The highest BCUT2D eigenvalue weighted by Gasteiger charge is 2.16. The van der Waals surface area contributed by atoms with Gasteiger partial charge in [0.25, 0.3) is 11.8 Å². The number of likely N-dealkylation sites (N-methyl/N-ethyl adjacent to an activating group) is 1. The summed E-state index contributed by atoms with van der Waals surface area (Å²) in [5.74, 6) is -0.848. The predicted octanol–water partition coefficient (Wildman–Crippen LogP) is 4.48. The number of amides is 2. The number of benzene rings is 3. The lowest BCUT2D eigenvalue weighted by molar-refractivity contribution is 0.0956. The largest absolute Gasteiger partial charge is 0.395 e. The van der Waals surface area contributed by atoms with E-state index in [9.17, 15) is 14.7 Å². The second kappa shape index (κ2) is 12.8. The number of halogens is 1. The molecule has 3 aromatic carbocycles. The molecule has 0 unspecified atom stereocenters. The van der Waals surface area contributed by atoms with Gasteiger partial charge in [-0.2, -0.15) is 5.10 Å². The molecule has 0 heterocycles. The third-order valence-corrected chi connectivity index (χ3v) is 5.63. The second-order valence-electron chi connectivity index (χ2n) is 8.05. The van der Waals surface area contributed by atoms with E-state index in [-0.39, 0.29) is 18.1 Å². The van der Waals surface area contributed by atoms with E-state index < -0.39 is 5.91 Å². The number of hydrazone groups is 1. The maximum absolute atomic E-state index is 13.0. The second-order valence-corrected chi connectivity index (χ2v) is 8.48. The van der Waals surface area contributed by atoms with Crippen LogP contribution in [0.1, 0.15) is 44.3 Å². The third-order valence-electron chi connectivity index (χ3n) is 5.39. The van der Waals surface area contributed by atoms with Gasteiger partial charge in [-0.25, -0.2) is 5.43 Å². The van der Waals surface area contributed by atoms with Crippen LogP contribution in [0.25, 0.3) is 0 Å². The van der Waals surface area contributed by atoms with Gasteiger partial charge in [-0.05, 0) is 54.9 Å². The Morgan fingerprint density at radius 3 is 2.54 bits per heavy atom. The SMILES string of the molecule is CCN(CCO)Cc1cccc(C(=O)Nc2ccc(Cl)cc2C(=O)NN=Cc2ccc(C)cc2)c1. The van der Waals surface area contributed by atoms with Crippen LogP contribution in [0, 0.1) is 6.92 Å². The molecule has 8 heteroatoms. The van der Waals surface area contributed by atoms with Crippen molar-refractivity contribution in [2.45, 2.75) is 20.4 Å². The smallest absolute Gasteiger partial charge is 0.273 e. The maximum atomic E-state index is 13.0. The molecule has 3 N–H and O–H groups in total. The molecule has 0 radical (unpaired) electrons.